The van der Waals surface area contributed by atoms with Gasteiger partial charge in [0.15, 0.2) is 0 Å². The van der Waals surface area contributed by atoms with Gasteiger partial charge in [0.25, 0.3) is 0 Å². The van der Waals surface area contributed by atoms with Gasteiger partial charge in [0.1, 0.15) is 5.82 Å². The second kappa shape index (κ2) is 7.78. The number of carbonyl (C=O) groups is 2. The molecule has 0 radical (unpaired) electrons. The van der Waals surface area contributed by atoms with E-state index >= 15 is 0 Å². The largest absolute Gasteiger partial charge is 0.395 e. The molecule has 0 fully saturated rings. The third-order valence-corrected chi connectivity index (χ3v) is 2.69. The van der Waals surface area contributed by atoms with Crippen LogP contribution in [-0.2, 0) is 9.59 Å². The van der Waals surface area contributed by atoms with E-state index in [9.17, 15) is 14.0 Å². The Morgan fingerprint density at radius 3 is 2.35 bits per heavy atom. The predicted molar refractivity (Wildman–Crippen MR) is 70.8 cm³/mol. The fourth-order valence-electron chi connectivity index (χ4n) is 1.46. The summed E-state index contributed by atoms with van der Waals surface area (Å²) in [4.78, 5) is 24.5. The lowest BCUT2D eigenvalue weighted by atomic mass is 10.3. The monoisotopic (exact) mass is 304 g/mol. The van der Waals surface area contributed by atoms with Gasteiger partial charge in [0.05, 0.1) is 18.2 Å². The number of hydrogen-bond donors (Lipinski definition) is 3. The van der Waals surface area contributed by atoms with Crippen LogP contribution < -0.4 is 5.32 Å². The van der Waals surface area contributed by atoms with Gasteiger partial charge in [-0.05, 0) is 18.2 Å². The molecule has 20 heavy (non-hydrogen) atoms. The van der Waals surface area contributed by atoms with E-state index in [1.165, 1.54) is 12.1 Å². The molecule has 0 aromatic heterocycles. The van der Waals surface area contributed by atoms with Crippen molar-refractivity contribution in [2.45, 2.75) is 0 Å². The summed E-state index contributed by atoms with van der Waals surface area (Å²) < 4.78 is 12.9. The minimum Gasteiger partial charge on any atom is -0.395 e. The first-order valence-corrected chi connectivity index (χ1v) is 6.14. The Morgan fingerprint density at radius 1 is 1.25 bits per heavy atom. The summed E-state index contributed by atoms with van der Waals surface area (Å²) in [6.45, 7) is -0.809. The number of rotatable bonds is 5. The molecule has 0 heterocycles. The van der Waals surface area contributed by atoms with E-state index in [0.29, 0.717) is 0 Å². The van der Waals surface area contributed by atoms with Crippen molar-refractivity contribution < 1.29 is 24.2 Å². The van der Waals surface area contributed by atoms with E-state index in [4.69, 9.17) is 21.8 Å². The molecule has 0 spiro atoms. The SMILES string of the molecule is O=C(Nc1ccc(F)c(Cl)c1)C(=O)N(CCO)CCO. The van der Waals surface area contributed by atoms with Crippen LogP contribution >= 0.6 is 11.6 Å². The third kappa shape index (κ3) is 4.44. The van der Waals surface area contributed by atoms with E-state index in [-0.39, 0.29) is 37.0 Å². The van der Waals surface area contributed by atoms with Gasteiger partial charge in [-0.15, -0.1) is 0 Å². The topological polar surface area (TPSA) is 89.9 Å². The van der Waals surface area contributed by atoms with Gasteiger partial charge in [-0.25, -0.2) is 4.39 Å². The first-order chi connectivity index (χ1) is 9.49. The maximum Gasteiger partial charge on any atom is 0.313 e. The number of amides is 2. The zero-order valence-corrected chi connectivity index (χ0v) is 11.2. The van der Waals surface area contributed by atoms with Crippen molar-refractivity contribution in [2.24, 2.45) is 0 Å². The fourth-order valence-corrected chi connectivity index (χ4v) is 1.64. The Morgan fingerprint density at radius 2 is 1.85 bits per heavy atom. The summed E-state index contributed by atoms with van der Waals surface area (Å²) >= 11 is 5.55. The number of anilines is 1. The van der Waals surface area contributed by atoms with Gasteiger partial charge in [-0.3, -0.25) is 9.59 Å². The molecule has 8 heteroatoms. The Labute approximate surface area is 119 Å². The van der Waals surface area contributed by atoms with Crippen LogP contribution in [0, 0.1) is 5.82 Å². The van der Waals surface area contributed by atoms with Gasteiger partial charge in [-0.2, -0.15) is 0 Å². The summed E-state index contributed by atoms with van der Waals surface area (Å²) in [6.07, 6.45) is 0. The van der Waals surface area contributed by atoms with Crippen molar-refractivity contribution in [3.8, 4) is 0 Å². The number of hydrogen-bond acceptors (Lipinski definition) is 4. The van der Waals surface area contributed by atoms with Gasteiger partial charge in [-0.1, -0.05) is 11.6 Å². The van der Waals surface area contributed by atoms with Crippen LogP contribution in [0.4, 0.5) is 10.1 Å². The molecule has 0 aliphatic rings. The molecule has 1 aromatic rings. The predicted octanol–water partition coefficient (Wildman–Crippen LogP) is 0.231. The van der Waals surface area contributed by atoms with Crippen LogP contribution in [-0.4, -0.2) is 53.2 Å². The highest BCUT2D eigenvalue weighted by Crippen LogP contribution is 2.19. The molecule has 3 N–H and O–H groups in total. The Balaban J connectivity index is 2.73. The highest BCUT2D eigenvalue weighted by Gasteiger charge is 2.21. The summed E-state index contributed by atoms with van der Waals surface area (Å²) in [5.74, 6) is -2.51. The van der Waals surface area contributed by atoms with Crippen molar-refractivity contribution in [3.05, 3.63) is 29.0 Å². The van der Waals surface area contributed by atoms with Crippen LogP contribution in [0.3, 0.4) is 0 Å². The number of carbonyl (C=O) groups excluding carboxylic acids is 2. The standard InChI is InChI=1S/C12H14ClFN2O4/c13-9-7-8(1-2-10(9)14)15-11(19)12(20)16(3-5-17)4-6-18/h1-2,7,17-18H,3-6H2,(H,15,19). The summed E-state index contributed by atoms with van der Waals surface area (Å²) in [5, 5.41) is 19.6. The van der Waals surface area contributed by atoms with Crippen molar-refractivity contribution in [1.29, 1.82) is 0 Å². The molecule has 0 atom stereocenters. The van der Waals surface area contributed by atoms with Crippen LogP contribution in [0.1, 0.15) is 0 Å². The minimum atomic E-state index is -0.963. The van der Waals surface area contributed by atoms with E-state index in [0.717, 1.165) is 11.0 Å². The Kier molecular flexibility index (Phi) is 6.37. The average Bonchev–Trinajstić information content (AvgIpc) is 2.42. The quantitative estimate of drug-likeness (QED) is 0.679. The van der Waals surface area contributed by atoms with Gasteiger partial charge in [0, 0.05) is 18.8 Å². The van der Waals surface area contributed by atoms with Crippen LogP contribution in [0.25, 0.3) is 0 Å². The summed E-state index contributed by atoms with van der Waals surface area (Å²) in [5.41, 5.74) is 0.169. The van der Waals surface area contributed by atoms with Crippen LogP contribution in [0.2, 0.25) is 5.02 Å². The highest BCUT2D eigenvalue weighted by atomic mass is 35.5. The maximum atomic E-state index is 12.9. The van der Waals surface area contributed by atoms with Crippen LogP contribution in [0.15, 0.2) is 18.2 Å². The maximum absolute atomic E-state index is 12.9. The highest BCUT2D eigenvalue weighted by molar-refractivity contribution is 6.39. The lowest BCUT2D eigenvalue weighted by Crippen LogP contribution is -2.42. The molecule has 0 unspecified atom stereocenters. The molecule has 6 nitrogen and oxygen atoms in total. The number of nitrogens with one attached hydrogen (secondary N) is 1. The van der Waals surface area contributed by atoms with Crippen molar-refractivity contribution in [3.63, 3.8) is 0 Å². The molecule has 2 amide bonds. The lowest BCUT2D eigenvalue weighted by molar-refractivity contribution is -0.143. The van der Waals surface area contributed by atoms with Gasteiger partial charge in [0.2, 0.25) is 0 Å². The van der Waals surface area contributed by atoms with E-state index in [1.807, 2.05) is 0 Å². The number of halogens is 2. The molecule has 0 aliphatic heterocycles. The van der Waals surface area contributed by atoms with E-state index < -0.39 is 17.6 Å². The zero-order chi connectivity index (χ0) is 15.1. The first kappa shape index (κ1) is 16.4. The smallest absolute Gasteiger partial charge is 0.313 e. The molecule has 0 bridgehead atoms. The number of aliphatic hydroxyl groups is 2. The summed E-state index contributed by atoms with van der Waals surface area (Å²) in [7, 11) is 0. The van der Waals surface area contributed by atoms with Gasteiger partial charge < -0.3 is 20.4 Å². The molecule has 0 saturated heterocycles. The van der Waals surface area contributed by atoms with E-state index in [1.54, 1.807) is 0 Å². The number of benzene rings is 1. The Hall–Kier alpha value is -1.70. The second-order valence-electron chi connectivity index (χ2n) is 3.82. The lowest BCUT2D eigenvalue weighted by Gasteiger charge is -2.19. The minimum absolute atomic E-state index is 0.0724. The van der Waals surface area contributed by atoms with Gasteiger partial charge >= 0.3 is 11.8 Å². The van der Waals surface area contributed by atoms with Crippen molar-refractivity contribution >= 4 is 29.1 Å². The fraction of sp³-hybridized carbons (Fsp3) is 0.333. The number of nitrogens with zero attached hydrogens (tertiary/aromatic N) is 1. The van der Waals surface area contributed by atoms with Crippen molar-refractivity contribution in [1.82, 2.24) is 4.90 Å². The summed E-state index contributed by atoms with van der Waals surface area (Å²) in [6, 6.07) is 3.49. The van der Waals surface area contributed by atoms with E-state index in [2.05, 4.69) is 5.32 Å². The third-order valence-electron chi connectivity index (χ3n) is 2.40. The second-order valence-corrected chi connectivity index (χ2v) is 4.23. The first-order valence-electron chi connectivity index (χ1n) is 5.76. The number of aliphatic hydroxyl groups excluding tert-OH is 2. The molecule has 0 aliphatic carbocycles. The normalized spacial score (nSPS) is 10.2. The van der Waals surface area contributed by atoms with Crippen LogP contribution in [0.5, 0.6) is 0 Å². The molecule has 1 rings (SSSR count). The molecule has 110 valence electrons. The van der Waals surface area contributed by atoms with Crippen molar-refractivity contribution in [2.75, 3.05) is 31.6 Å². The molecular weight excluding hydrogens is 291 g/mol. The molecule has 1 aromatic carbocycles. The molecular formula is C12H14ClFN2O4. The average molecular weight is 305 g/mol. The Bertz CT molecular complexity index is 492. The molecule has 0 saturated carbocycles. The zero-order valence-electron chi connectivity index (χ0n) is 10.5.